The van der Waals surface area contributed by atoms with Crippen molar-refractivity contribution in [3.05, 3.63) is 81.3 Å². The first-order chi connectivity index (χ1) is 15.7. The molecule has 5 rings (SSSR count). The summed E-state index contributed by atoms with van der Waals surface area (Å²) in [6.07, 6.45) is 0. The number of aromatic nitrogens is 2. The van der Waals surface area contributed by atoms with E-state index in [-0.39, 0.29) is 40.3 Å². The Labute approximate surface area is 199 Å². The fourth-order valence-corrected chi connectivity index (χ4v) is 6.07. The highest BCUT2D eigenvalue weighted by molar-refractivity contribution is 9.10. The van der Waals surface area contributed by atoms with Gasteiger partial charge < -0.3 is 4.90 Å². The third-order valence-corrected chi connectivity index (χ3v) is 7.60. The van der Waals surface area contributed by atoms with Crippen molar-refractivity contribution in [2.45, 2.75) is 18.0 Å². The van der Waals surface area contributed by atoms with Gasteiger partial charge in [-0.2, -0.15) is 8.75 Å². The van der Waals surface area contributed by atoms with Crippen molar-refractivity contribution < 1.29 is 22.0 Å². The molecule has 0 fully saturated rings. The minimum atomic E-state index is -4.10. The van der Waals surface area contributed by atoms with Gasteiger partial charge in [0.05, 0.1) is 23.0 Å². The summed E-state index contributed by atoms with van der Waals surface area (Å²) in [6, 6.07) is 11.0. The Hall–Kier alpha value is -2.96. The van der Waals surface area contributed by atoms with Crippen molar-refractivity contribution in [2.24, 2.45) is 0 Å². The molecule has 1 aromatic heterocycles. The lowest BCUT2D eigenvalue weighted by Crippen LogP contribution is -2.24. The number of hydrogen-bond acceptors (Lipinski definition) is 6. The number of hydrogen-bond donors (Lipinski definition) is 1. The summed E-state index contributed by atoms with van der Waals surface area (Å²) in [7, 11) is -4.10. The fraction of sp³-hybridized carbons (Fsp3) is 0.0952. The third-order valence-electron chi connectivity index (χ3n) is 5.21. The fourth-order valence-electron chi connectivity index (χ4n) is 3.74. The van der Waals surface area contributed by atoms with E-state index in [2.05, 4.69) is 29.4 Å². The van der Waals surface area contributed by atoms with Crippen molar-refractivity contribution >= 4 is 60.3 Å². The van der Waals surface area contributed by atoms with Crippen LogP contribution in [0.4, 0.5) is 14.5 Å². The monoisotopic (exact) mass is 550 g/mol. The second-order valence-corrected chi connectivity index (χ2v) is 10.5. The van der Waals surface area contributed by atoms with Gasteiger partial charge in [-0.05, 0) is 35.9 Å². The molecule has 1 aliphatic rings. The number of anilines is 1. The third kappa shape index (κ3) is 3.98. The van der Waals surface area contributed by atoms with Gasteiger partial charge in [-0.15, -0.1) is 0 Å². The predicted octanol–water partition coefficient (Wildman–Crippen LogP) is 4.69. The molecular weight excluding hydrogens is 538 g/mol. The van der Waals surface area contributed by atoms with E-state index < -0.39 is 27.6 Å². The SMILES string of the molecule is O=C1c2c(cc(Br)cc2NS(=O)(=O)c2cccc3nsnc23)CN1Cc1ccc(F)cc1F. The summed E-state index contributed by atoms with van der Waals surface area (Å²) in [5.41, 5.74) is 1.68. The van der Waals surface area contributed by atoms with Crippen LogP contribution in [0.15, 0.2) is 57.9 Å². The number of carbonyl (C=O) groups excluding carboxylic acids is 1. The van der Waals surface area contributed by atoms with Crippen LogP contribution in [0.2, 0.25) is 0 Å². The van der Waals surface area contributed by atoms with Gasteiger partial charge >= 0.3 is 0 Å². The average molecular weight is 551 g/mol. The molecule has 0 aliphatic carbocycles. The normalized spacial score (nSPS) is 13.5. The van der Waals surface area contributed by atoms with Crippen LogP contribution in [0.25, 0.3) is 11.0 Å². The van der Waals surface area contributed by atoms with Gasteiger partial charge in [0.25, 0.3) is 15.9 Å². The minimum Gasteiger partial charge on any atom is -0.330 e. The molecule has 0 spiro atoms. The Morgan fingerprint density at radius 1 is 1.12 bits per heavy atom. The van der Waals surface area contributed by atoms with E-state index in [1.54, 1.807) is 18.2 Å². The molecule has 0 bridgehead atoms. The lowest BCUT2D eigenvalue weighted by Gasteiger charge is -2.16. The molecule has 12 heteroatoms. The van der Waals surface area contributed by atoms with Crippen LogP contribution in [0.5, 0.6) is 0 Å². The summed E-state index contributed by atoms with van der Waals surface area (Å²) < 4.78 is 64.9. The lowest BCUT2D eigenvalue weighted by atomic mass is 10.1. The molecule has 0 saturated carbocycles. The summed E-state index contributed by atoms with van der Waals surface area (Å²) in [5.74, 6) is -1.93. The largest absolute Gasteiger partial charge is 0.330 e. The number of rotatable bonds is 5. The molecule has 168 valence electrons. The molecule has 1 N–H and O–H groups in total. The van der Waals surface area contributed by atoms with Gasteiger partial charge in [-0.1, -0.05) is 28.1 Å². The Bertz CT molecular complexity index is 1540. The smallest absolute Gasteiger partial charge is 0.264 e. The number of fused-ring (bicyclic) bond motifs is 2. The van der Waals surface area contributed by atoms with E-state index in [4.69, 9.17) is 0 Å². The zero-order valence-electron chi connectivity index (χ0n) is 16.5. The van der Waals surface area contributed by atoms with Crippen molar-refractivity contribution in [3.8, 4) is 0 Å². The number of amides is 1. The minimum absolute atomic E-state index is 0.0573. The van der Waals surface area contributed by atoms with E-state index in [0.717, 1.165) is 23.9 Å². The van der Waals surface area contributed by atoms with Crippen molar-refractivity contribution in [1.82, 2.24) is 13.6 Å². The van der Waals surface area contributed by atoms with Crippen molar-refractivity contribution in [2.75, 3.05) is 4.72 Å². The number of nitrogens with one attached hydrogen (secondary N) is 1. The average Bonchev–Trinajstić information content (AvgIpc) is 3.34. The second kappa shape index (κ2) is 8.12. The van der Waals surface area contributed by atoms with Crippen molar-refractivity contribution in [3.63, 3.8) is 0 Å². The molecule has 0 radical (unpaired) electrons. The molecule has 7 nitrogen and oxygen atoms in total. The zero-order valence-corrected chi connectivity index (χ0v) is 19.8. The number of benzene rings is 3. The van der Waals surface area contributed by atoms with Crippen LogP contribution in [0, 0.1) is 11.6 Å². The van der Waals surface area contributed by atoms with Crippen LogP contribution < -0.4 is 4.72 Å². The number of halogens is 3. The van der Waals surface area contributed by atoms with E-state index in [1.807, 2.05) is 0 Å². The Kier molecular flexibility index (Phi) is 5.38. The van der Waals surface area contributed by atoms with Gasteiger partial charge in [0.2, 0.25) is 0 Å². The highest BCUT2D eigenvalue weighted by atomic mass is 79.9. The molecule has 0 atom stereocenters. The van der Waals surface area contributed by atoms with Gasteiger partial charge in [-0.3, -0.25) is 9.52 Å². The maximum Gasteiger partial charge on any atom is 0.264 e. The van der Waals surface area contributed by atoms with E-state index in [9.17, 15) is 22.0 Å². The topological polar surface area (TPSA) is 92.3 Å². The van der Waals surface area contributed by atoms with Crippen LogP contribution >= 0.6 is 27.7 Å². The van der Waals surface area contributed by atoms with E-state index in [0.29, 0.717) is 15.6 Å². The highest BCUT2D eigenvalue weighted by Crippen LogP contribution is 2.35. The van der Waals surface area contributed by atoms with Crippen LogP contribution in [-0.2, 0) is 23.1 Å². The van der Waals surface area contributed by atoms with E-state index in [1.165, 1.54) is 23.1 Å². The maximum absolute atomic E-state index is 14.1. The highest BCUT2D eigenvalue weighted by Gasteiger charge is 2.33. The first-order valence-electron chi connectivity index (χ1n) is 9.52. The lowest BCUT2D eigenvalue weighted by molar-refractivity contribution is 0.0766. The predicted molar refractivity (Wildman–Crippen MR) is 122 cm³/mol. The molecule has 1 aliphatic heterocycles. The molecule has 1 amide bonds. The van der Waals surface area contributed by atoms with E-state index >= 15 is 0 Å². The van der Waals surface area contributed by atoms with Gasteiger partial charge in [0.1, 0.15) is 27.6 Å². The van der Waals surface area contributed by atoms with Gasteiger partial charge in [0.15, 0.2) is 0 Å². The standard InChI is InChI=1S/C21H13BrF2N4O3S2/c22-13-6-12-10-28(9-11-4-5-14(23)8-15(11)24)21(29)19(12)17(7-13)27-33(30,31)18-3-1-2-16-20(18)26-32-25-16/h1-8,27H,9-10H2. The zero-order chi connectivity index (χ0) is 23.3. The molecule has 0 unspecified atom stereocenters. The molecular formula is C21H13BrF2N4O3S2. The summed E-state index contributed by atoms with van der Waals surface area (Å²) in [5, 5.41) is 0. The van der Waals surface area contributed by atoms with Crippen LogP contribution in [0.1, 0.15) is 21.5 Å². The maximum atomic E-state index is 14.1. The van der Waals surface area contributed by atoms with Gasteiger partial charge in [0, 0.05) is 29.2 Å². The number of sulfonamides is 1. The summed E-state index contributed by atoms with van der Waals surface area (Å²) >= 11 is 4.25. The second-order valence-electron chi connectivity index (χ2n) is 7.38. The molecule has 33 heavy (non-hydrogen) atoms. The van der Waals surface area contributed by atoms with Gasteiger partial charge in [-0.25, -0.2) is 17.2 Å². The Morgan fingerprint density at radius 3 is 2.73 bits per heavy atom. The number of nitrogens with zero attached hydrogens (tertiary/aromatic N) is 3. The summed E-state index contributed by atoms with van der Waals surface area (Å²) in [4.78, 5) is 14.5. The molecule has 2 heterocycles. The number of carbonyl (C=O) groups is 1. The van der Waals surface area contributed by atoms with Crippen molar-refractivity contribution in [1.29, 1.82) is 0 Å². The Balaban J connectivity index is 1.50. The van der Waals surface area contributed by atoms with Crippen LogP contribution in [-0.4, -0.2) is 28.0 Å². The molecule has 3 aromatic carbocycles. The first kappa shape index (κ1) is 21.9. The Morgan fingerprint density at radius 2 is 1.94 bits per heavy atom. The molecule has 0 saturated heterocycles. The quantitative estimate of drug-likeness (QED) is 0.389. The molecule has 4 aromatic rings. The summed E-state index contributed by atoms with van der Waals surface area (Å²) in [6.45, 7) is 0.0535. The first-order valence-corrected chi connectivity index (χ1v) is 12.5. The van der Waals surface area contributed by atoms with Crippen LogP contribution in [0.3, 0.4) is 0 Å².